The number of ether oxygens (including phenoxy) is 1. The molecule has 15 heteroatoms. The van der Waals surface area contributed by atoms with Gasteiger partial charge in [0.25, 0.3) is 0 Å². The molecule has 1 aliphatic rings. The molecule has 1 aromatic rings. The molecule has 0 bridgehead atoms. The number of hydroxylamine groups is 1. The third-order valence-electron chi connectivity index (χ3n) is 3.82. The van der Waals surface area contributed by atoms with Crippen LogP contribution in [0.2, 0.25) is 0 Å². The topological polar surface area (TPSA) is 181 Å². The molecule has 1 heterocycles. The first-order valence-electron chi connectivity index (χ1n) is 7.54. The lowest BCUT2D eigenvalue weighted by atomic mass is 10.0. The summed E-state index contributed by atoms with van der Waals surface area (Å²) in [6.45, 7) is -1.03. The highest BCUT2D eigenvalue weighted by atomic mass is 19.4. The van der Waals surface area contributed by atoms with Crippen molar-refractivity contribution in [3.63, 3.8) is 0 Å². The number of nitro groups is 1. The van der Waals surface area contributed by atoms with Crippen molar-refractivity contribution < 1.29 is 47.5 Å². The van der Waals surface area contributed by atoms with Crippen molar-refractivity contribution in [2.75, 3.05) is 6.61 Å². The van der Waals surface area contributed by atoms with Gasteiger partial charge < -0.3 is 9.84 Å². The van der Waals surface area contributed by atoms with Gasteiger partial charge in [0.15, 0.2) is 11.5 Å². The minimum Gasteiger partial charge on any atom is -0.481 e. The number of ketones is 1. The number of nitrogens with one attached hydrogen (secondary N) is 1. The number of hydrogen-bond donors (Lipinski definition) is 3. The van der Waals surface area contributed by atoms with E-state index in [0.717, 1.165) is 17.6 Å². The first-order chi connectivity index (χ1) is 13.4. The predicted octanol–water partition coefficient (Wildman–Crippen LogP) is 1.32. The molecule has 156 valence electrons. The first kappa shape index (κ1) is 21.7. The number of carbonyl (C=O) groups excluding carboxylic acids is 2. The quantitative estimate of drug-likeness (QED) is 0.231. The summed E-state index contributed by atoms with van der Waals surface area (Å²) in [6, 6.07) is 2.13. The molecule has 0 saturated carbocycles. The van der Waals surface area contributed by atoms with Crippen LogP contribution in [0.1, 0.15) is 12.0 Å². The van der Waals surface area contributed by atoms with Crippen molar-refractivity contribution >= 4 is 23.3 Å². The number of nitrogens with zero attached hydrogens (tertiary/aromatic N) is 3. The molecule has 1 atom stereocenters. The van der Waals surface area contributed by atoms with Gasteiger partial charge in [0.2, 0.25) is 5.91 Å². The number of amides is 1. The molecule has 29 heavy (non-hydrogen) atoms. The van der Waals surface area contributed by atoms with Gasteiger partial charge in [-0.1, -0.05) is 0 Å². The molecular weight excluding hydrogens is 409 g/mol. The lowest BCUT2D eigenvalue weighted by Crippen LogP contribution is -2.33. The van der Waals surface area contributed by atoms with Crippen LogP contribution >= 0.6 is 0 Å². The van der Waals surface area contributed by atoms with Gasteiger partial charge >= 0.3 is 23.5 Å². The summed E-state index contributed by atoms with van der Waals surface area (Å²) in [6.07, 6.45) is -5.84. The third kappa shape index (κ3) is 4.45. The smallest absolute Gasteiger partial charge is 0.442 e. The highest BCUT2D eigenvalue weighted by Crippen LogP contribution is 2.53. The van der Waals surface area contributed by atoms with Gasteiger partial charge in [-0.2, -0.15) is 13.2 Å². The number of alkyl halides is 3. The molecule has 1 aliphatic heterocycles. The summed E-state index contributed by atoms with van der Waals surface area (Å²) in [5.74, 6) is -6.58. The third-order valence-corrected chi connectivity index (χ3v) is 3.82. The average Bonchev–Trinajstić information content (AvgIpc) is 3.45. The molecule has 2 rings (SSSR count). The normalized spacial score (nSPS) is 15.3. The van der Waals surface area contributed by atoms with Gasteiger partial charge in [0, 0.05) is 18.1 Å². The second kappa shape index (κ2) is 7.78. The Kier molecular flexibility index (Phi) is 5.82. The van der Waals surface area contributed by atoms with Crippen LogP contribution in [0.4, 0.5) is 18.9 Å². The summed E-state index contributed by atoms with van der Waals surface area (Å²) >= 11 is 0. The van der Waals surface area contributed by atoms with E-state index in [1.807, 2.05) is 0 Å². The minimum atomic E-state index is -4.92. The fraction of sp³-hybridized carbons (Fsp3) is 0.357. The fourth-order valence-electron chi connectivity index (χ4n) is 2.26. The Balaban J connectivity index is 2.21. The molecule has 0 fully saturated rings. The SMILES string of the molecule is O=C(CC(C(=O)O)C(=O)COc1ccc(C2(C(F)(F)F)N=N2)cc1[N+](=O)[O-])NO. The average molecular weight is 420 g/mol. The van der Waals surface area contributed by atoms with Crippen molar-refractivity contribution in [2.45, 2.75) is 18.3 Å². The predicted molar refractivity (Wildman–Crippen MR) is 81.9 cm³/mol. The van der Waals surface area contributed by atoms with Gasteiger partial charge in [-0.05, 0) is 12.1 Å². The molecule has 0 aromatic heterocycles. The van der Waals surface area contributed by atoms with E-state index in [1.165, 1.54) is 0 Å². The molecule has 1 unspecified atom stereocenters. The van der Waals surface area contributed by atoms with Crippen LogP contribution in [0.3, 0.4) is 0 Å². The van der Waals surface area contributed by atoms with Gasteiger partial charge in [-0.15, -0.1) is 10.2 Å². The van der Waals surface area contributed by atoms with Gasteiger partial charge in [0.05, 0.1) is 4.92 Å². The molecule has 0 radical (unpaired) electrons. The number of benzene rings is 1. The number of halogens is 3. The largest absolute Gasteiger partial charge is 0.481 e. The lowest BCUT2D eigenvalue weighted by Gasteiger charge is -2.15. The fourth-order valence-corrected chi connectivity index (χ4v) is 2.26. The summed E-state index contributed by atoms with van der Waals surface area (Å²) < 4.78 is 44.0. The Bertz CT molecular complexity index is 895. The zero-order valence-corrected chi connectivity index (χ0v) is 14.0. The molecule has 0 saturated heterocycles. The van der Waals surface area contributed by atoms with E-state index in [0.29, 0.717) is 6.07 Å². The number of Topliss-reactive ketones (excluding diaryl/α,β-unsaturated/α-hetero) is 1. The summed E-state index contributed by atoms with van der Waals surface area (Å²) in [7, 11) is 0. The lowest BCUT2D eigenvalue weighted by molar-refractivity contribution is -0.385. The zero-order chi connectivity index (χ0) is 22.0. The Hall–Kier alpha value is -3.62. The molecule has 1 amide bonds. The molecule has 3 N–H and O–H groups in total. The molecule has 0 aliphatic carbocycles. The number of carboxylic acid groups (broad SMARTS) is 1. The van der Waals surface area contributed by atoms with E-state index in [4.69, 9.17) is 15.1 Å². The van der Waals surface area contributed by atoms with E-state index in [2.05, 4.69) is 10.2 Å². The van der Waals surface area contributed by atoms with Gasteiger partial charge in [0.1, 0.15) is 12.5 Å². The number of rotatable bonds is 9. The maximum atomic E-state index is 13.0. The molecule has 0 spiro atoms. The standard InChI is InChI=1S/C14H11F3N4O8/c15-14(16,17)13(19-20-13)6-1-2-10(8(3-6)21(27)28)29-5-9(22)7(12(24)25)4-11(23)18-26/h1-3,7,26H,4-5H2,(H,18,23)(H,24,25). The second-order valence-corrected chi connectivity index (χ2v) is 5.69. The van der Waals surface area contributed by atoms with Crippen LogP contribution in [0.5, 0.6) is 5.75 Å². The first-order valence-corrected chi connectivity index (χ1v) is 7.54. The highest BCUT2D eigenvalue weighted by molar-refractivity contribution is 6.02. The van der Waals surface area contributed by atoms with Crippen LogP contribution in [-0.4, -0.2) is 45.7 Å². The van der Waals surface area contributed by atoms with Gasteiger partial charge in [-0.25, -0.2) is 5.48 Å². The highest BCUT2D eigenvalue weighted by Gasteiger charge is 2.65. The van der Waals surface area contributed by atoms with Crippen molar-refractivity contribution in [3.8, 4) is 5.75 Å². The second-order valence-electron chi connectivity index (χ2n) is 5.69. The van der Waals surface area contributed by atoms with Crippen molar-refractivity contribution in [2.24, 2.45) is 16.1 Å². The summed E-state index contributed by atoms with van der Waals surface area (Å²) in [5.41, 5.74) is -3.33. The maximum Gasteiger partial charge on any atom is 0.442 e. The van der Waals surface area contributed by atoms with E-state index in [1.54, 1.807) is 0 Å². The Morgan fingerprint density at radius 1 is 1.31 bits per heavy atom. The number of hydrogen-bond acceptors (Lipinski definition) is 9. The number of nitro benzene ring substituents is 1. The number of aliphatic carboxylic acids is 1. The van der Waals surface area contributed by atoms with E-state index in [-0.39, 0.29) is 0 Å². The molecule has 1 aromatic carbocycles. The van der Waals surface area contributed by atoms with Crippen LogP contribution in [0.25, 0.3) is 0 Å². The van der Waals surface area contributed by atoms with Crippen LogP contribution < -0.4 is 10.2 Å². The maximum absolute atomic E-state index is 13.0. The molecular formula is C14H11F3N4O8. The van der Waals surface area contributed by atoms with Crippen LogP contribution in [0, 0.1) is 16.0 Å². The zero-order valence-electron chi connectivity index (χ0n) is 14.0. The van der Waals surface area contributed by atoms with Gasteiger partial charge in [-0.3, -0.25) is 29.7 Å². The van der Waals surface area contributed by atoms with Crippen LogP contribution in [0.15, 0.2) is 28.4 Å². The van der Waals surface area contributed by atoms with Crippen molar-refractivity contribution in [1.29, 1.82) is 0 Å². The van der Waals surface area contributed by atoms with Crippen LogP contribution in [-0.2, 0) is 20.0 Å². The van der Waals surface area contributed by atoms with E-state index < -0.39 is 70.4 Å². The Morgan fingerprint density at radius 2 is 1.93 bits per heavy atom. The number of carbonyl (C=O) groups is 3. The van der Waals surface area contributed by atoms with Crippen molar-refractivity contribution in [3.05, 3.63) is 33.9 Å². The molecule has 12 nitrogen and oxygen atoms in total. The Morgan fingerprint density at radius 3 is 2.38 bits per heavy atom. The summed E-state index contributed by atoms with van der Waals surface area (Å²) in [5, 5.41) is 34.4. The van der Waals surface area contributed by atoms with E-state index >= 15 is 0 Å². The van der Waals surface area contributed by atoms with Crippen molar-refractivity contribution in [1.82, 2.24) is 5.48 Å². The monoisotopic (exact) mass is 420 g/mol. The summed E-state index contributed by atoms with van der Waals surface area (Å²) in [4.78, 5) is 44.2. The Labute approximate surface area is 158 Å². The van der Waals surface area contributed by atoms with E-state index in [9.17, 15) is 37.7 Å². The minimum absolute atomic E-state index is 0.529. The number of carboxylic acids is 1.